The number of rotatable bonds is 7. The van der Waals surface area contributed by atoms with Crippen molar-refractivity contribution in [1.29, 1.82) is 0 Å². The van der Waals surface area contributed by atoms with Crippen LogP contribution in [0.3, 0.4) is 0 Å². The van der Waals surface area contributed by atoms with Crippen LogP contribution in [0.25, 0.3) is 0 Å². The van der Waals surface area contributed by atoms with Crippen molar-refractivity contribution in [3.05, 3.63) is 58.0 Å². The van der Waals surface area contributed by atoms with Gasteiger partial charge in [0.15, 0.2) is 10.4 Å². The third-order valence-electron chi connectivity index (χ3n) is 3.29. The predicted molar refractivity (Wildman–Crippen MR) is 94.4 cm³/mol. The number of amides is 2. The highest BCUT2D eigenvalue weighted by atomic mass is 79.9. The van der Waals surface area contributed by atoms with E-state index in [-0.39, 0.29) is 18.2 Å². The number of nitrogens with zero attached hydrogens (tertiary/aromatic N) is 1. The van der Waals surface area contributed by atoms with Gasteiger partial charge in [0.25, 0.3) is 5.91 Å². The van der Waals surface area contributed by atoms with Crippen molar-refractivity contribution in [1.82, 2.24) is 15.5 Å². The molecule has 0 saturated carbocycles. The van der Waals surface area contributed by atoms with Crippen molar-refractivity contribution in [2.24, 2.45) is 0 Å². The van der Waals surface area contributed by atoms with Crippen molar-refractivity contribution >= 4 is 27.7 Å². The van der Waals surface area contributed by atoms with Crippen LogP contribution in [-0.4, -0.2) is 37.4 Å². The zero-order chi connectivity index (χ0) is 17.5. The van der Waals surface area contributed by atoms with Crippen LogP contribution in [0.2, 0.25) is 0 Å². The summed E-state index contributed by atoms with van der Waals surface area (Å²) >= 11 is 3.13. The Balaban J connectivity index is 1.82. The smallest absolute Gasteiger partial charge is 0.287 e. The first kappa shape index (κ1) is 18.2. The van der Waals surface area contributed by atoms with Gasteiger partial charge in [-0.2, -0.15) is 0 Å². The van der Waals surface area contributed by atoms with E-state index in [9.17, 15) is 9.59 Å². The molecule has 2 amide bonds. The molecule has 1 aromatic heterocycles. The van der Waals surface area contributed by atoms with Crippen LogP contribution in [0.1, 0.15) is 21.7 Å². The third kappa shape index (κ3) is 5.50. The summed E-state index contributed by atoms with van der Waals surface area (Å²) in [4.78, 5) is 25.8. The second-order valence-corrected chi connectivity index (χ2v) is 6.35. The minimum absolute atomic E-state index is 0.104. The summed E-state index contributed by atoms with van der Waals surface area (Å²) in [5, 5.41) is 5.33. The molecule has 0 spiro atoms. The molecule has 2 aromatic rings. The molecule has 0 aliphatic heterocycles. The molecule has 0 fully saturated rings. The Morgan fingerprint density at radius 1 is 1.08 bits per heavy atom. The minimum Gasteiger partial charge on any atom is -0.444 e. The summed E-state index contributed by atoms with van der Waals surface area (Å²) in [6, 6.07) is 11.1. The average molecular weight is 394 g/mol. The van der Waals surface area contributed by atoms with Crippen LogP contribution >= 0.6 is 15.9 Å². The molecule has 7 heteroatoms. The number of hydrogen-bond acceptors (Lipinski definition) is 4. The fraction of sp³-hybridized carbons (Fsp3) is 0.294. The Kier molecular flexibility index (Phi) is 6.57. The molecule has 1 heterocycles. The van der Waals surface area contributed by atoms with Gasteiger partial charge in [-0.15, -0.1) is 0 Å². The Morgan fingerprint density at radius 2 is 1.79 bits per heavy atom. The molecule has 2 N–H and O–H groups in total. The normalized spacial score (nSPS) is 10.7. The predicted octanol–water partition coefficient (Wildman–Crippen LogP) is 2.15. The Hall–Kier alpha value is -2.12. The van der Waals surface area contributed by atoms with Crippen molar-refractivity contribution < 1.29 is 14.0 Å². The first-order chi connectivity index (χ1) is 11.5. The monoisotopic (exact) mass is 393 g/mol. The first-order valence-electron chi connectivity index (χ1n) is 7.47. The Morgan fingerprint density at radius 3 is 2.42 bits per heavy atom. The summed E-state index contributed by atoms with van der Waals surface area (Å²) in [5.41, 5.74) is 2.22. The molecule has 0 radical (unpaired) electrons. The third-order valence-corrected chi connectivity index (χ3v) is 3.71. The molecule has 0 aliphatic carbocycles. The number of halogens is 1. The molecule has 0 atom stereocenters. The van der Waals surface area contributed by atoms with Gasteiger partial charge in [0, 0.05) is 13.1 Å². The molecule has 0 aliphatic rings. The number of nitrogens with one attached hydrogen (secondary N) is 2. The fourth-order valence-corrected chi connectivity index (χ4v) is 2.47. The number of carbonyl (C=O) groups excluding carboxylic acids is 2. The standard InChI is InChI=1S/C17H20BrN3O3/c1-21(2)11-13-6-4-3-5-12(13)9-19-16(22)10-20-17(23)14-7-8-15(18)24-14/h3-8H,9-11H2,1-2H3,(H,19,22)(H,20,23). The first-order valence-corrected chi connectivity index (χ1v) is 8.26. The molecule has 1 aromatic carbocycles. The van der Waals surface area contributed by atoms with Crippen molar-refractivity contribution in [3.8, 4) is 0 Å². The number of benzene rings is 1. The van der Waals surface area contributed by atoms with E-state index >= 15 is 0 Å². The SMILES string of the molecule is CN(C)Cc1ccccc1CNC(=O)CNC(=O)c1ccc(Br)o1. The Labute approximate surface area is 149 Å². The lowest BCUT2D eigenvalue weighted by atomic mass is 10.1. The zero-order valence-corrected chi connectivity index (χ0v) is 15.2. The maximum absolute atomic E-state index is 11.9. The van der Waals surface area contributed by atoms with Gasteiger partial charge in [0.2, 0.25) is 5.91 Å². The highest BCUT2D eigenvalue weighted by Crippen LogP contribution is 2.13. The van der Waals surface area contributed by atoms with Gasteiger partial charge in [-0.25, -0.2) is 0 Å². The maximum Gasteiger partial charge on any atom is 0.287 e. The van der Waals surface area contributed by atoms with Crippen LogP contribution in [0.15, 0.2) is 45.5 Å². The van der Waals surface area contributed by atoms with E-state index in [1.807, 2.05) is 38.4 Å². The zero-order valence-electron chi connectivity index (χ0n) is 13.6. The summed E-state index contributed by atoms with van der Waals surface area (Å²) in [7, 11) is 4.00. The molecule has 0 saturated heterocycles. The summed E-state index contributed by atoms with van der Waals surface area (Å²) in [6.07, 6.45) is 0. The van der Waals surface area contributed by atoms with Gasteiger partial charge in [0.1, 0.15) is 0 Å². The van der Waals surface area contributed by atoms with Crippen LogP contribution in [0.4, 0.5) is 0 Å². The van der Waals surface area contributed by atoms with E-state index in [1.165, 1.54) is 6.07 Å². The number of hydrogen-bond donors (Lipinski definition) is 2. The summed E-state index contributed by atoms with van der Waals surface area (Å²) < 4.78 is 5.60. The van der Waals surface area contributed by atoms with Gasteiger partial charge in [-0.3, -0.25) is 9.59 Å². The summed E-state index contributed by atoms with van der Waals surface area (Å²) in [6.45, 7) is 1.12. The maximum atomic E-state index is 11.9. The van der Waals surface area contributed by atoms with E-state index in [1.54, 1.807) is 6.07 Å². The van der Waals surface area contributed by atoms with Gasteiger partial charge in [-0.05, 0) is 53.3 Å². The Bertz CT molecular complexity index is 713. The molecular weight excluding hydrogens is 374 g/mol. The number of furan rings is 1. The van der Waals surface area contributed by atoms with Crippen LogP contribution < -0.4 is 10.6 Å². The molecule has 128 valence electrons. The molecular formula is C17H20BrN3O3. The van der Waals surface area contributed by atoms with Gasteiger partial charge >= 0.3 is 0 Å². The topological polar surface area (TPSA) is 74.6 Å². The van der Waals surface area contributed by atoms with E-state index in [4.69, 9.17) is 4.42 Å². The van der Waals surface area contributed by atoms with Crippen molar-refractivity contribution in [2.75, 3.05) is 20.6 Å². The summed E-state index contributed by atoms with van der Waals surface area (Å²) in [5.74, 6) is -0.525. The molecule has 0 unspecified atom stereocenters. The van der Waals surface area contributed by atoms with Gasteiger partial charge in [-0.1, -0.05) is 24.3 Å². The molecule has 6 nitrogen and oxygen atoms in total. The number of carbonyl (C=O) groups is 2. The minimum atomic E-state index is -0.427. The lowest BCUT2D eigenvalue weighted by molar-refractivity contribution is -0.120. The highest BCUT2D eigenvalue weighted by molar-refractivity contribution is 9.10. The largest absolute Gasteiger partial charge is 0.444 e. The van der Waals surface area contributed by atoms with E-state index in [0.717, 1.165) is 17.7 Å². The molecule has 2 rings (SSSR count). The van der Waals surface area contributed by atoms with E-state index in [2.05, 4.69) is 31.5 Å². The lowest BCUT2D eigenvalue weighted by Gasteiger charge is -2.14. The van der Waals surface area contributed by atoms with Crippen molar-refractivity contribution in [2.45, 2.75) is 13.1 Å². The second-order valence-electron chi connectivity index (χ2n) is 5.57. The van der Waals surface area contributed by atoms with Gasteiger partial charge in [0.05, 0.1) is 6.54 Å². The van der Waals surface area contributed by atoms with Crippen LogP contribution in [0, 0.1) is 0 Å². The molecule has 0 bridgehead atoms. The van der Waals surface area contributed by atoms with Crippen LogP contribution in [0.5, 0.6) is 0 Å². The highest BCUT2D eigenvalue weighted by Gasteiger charge is 2.12. The van der Waals surface area contributed by atoms with Crippen molar-refractivity contribution in [3.63, 3.8) is 0 Å². The van der Waals surface area contributed by atoms with Crippen LogP contribution in [-0.2, 0) is 17.9 Å². The lowest BCUT2D eigenvalue weighted by Crippen LogP contribution is -2.36. The van der Waals surface area contributed by atoms with E-state index < -0.39 is 5.91 Å². The molecule has 24 heavy (non-hydrogen) atoms. The fourth-order valence-electron chi connectivity index (χ4n) is 2.17. The second kappa shape index (κ2) is 8.65. The quantitative estimate of drug-likeness (QED) is 0.755. The van der Waals surface area contributed by atoms with Gasteiger partial charge < -0.3 is 20.0 Å². The van der Waals surface area contributed by atoms with E-state index in [0.29, 0.717) is 11.2 Å². The average Bonchev–Trinajstić information content (AvgIpc) is 2.98.